The number of alkyl halides is 2. The Morgan fingerprint density at radius 2 is 1.64 bits per heavy atom. The Balaban J connectivity index is 1.88. The van der Waals surface area contributed by atoms with Crippen LogP contribution in [0.5, 0.6) is 0 Å². The van der Waals surface area contributed by atoms with Crippen LogP contribution in [0.2, 0.25) is 0 Å². The first-order valence-corrected chi connectivity index (χ1v) is 10.7. The topological polar surface area (TPSA) is 43.9 Å². The van der Waals surface area contributed by atoms with Crippen LogP contribution in [0.4, 0.5) is 8.78 Å². The molecule has 0 atom stereocenters. The molecule has 0 amide bonds. The minimum atomic E-state index is -3.37. The Kier molecular flexibility index (Phi) is 7.63. The lowest BCUT2D eigenvalue weighted by Crippen LogP contribution is -2.52. The van der Waals surface area contributed by atoms with Gasteiger partial charge in [-0.25, -0.2) is 0 Å². The Labute approximate surface area is 153 Å². The summed E-state index contributed by atoms with van der Waals surface area (Å²) in [4.78, 5) is 2.73. The predicted octanol–water partition coefficient (Wildman–Crippen LogP) is 2.71. The molecule has 1 aromatic carbocycles. The van der Waals surface area contributed by atoms with Gasteiger partial charge in [0.2, 0.25) is 0 Å². The van der Waals surface area contributed by atoms with Crippen LogP contribution in [0.1, 0.15) is 19.4 Å². The summed E-state index contributed by atoms with van der Waals surface area (Å²) < 4.78 is 52.7. The van der Waals surface area contributed by atoms with E-state index in [0.717, 1.165) is 5.56 Å². The summed E-state index contributed by atoms with van der Waals surface area (Å²) in [6, 6.07) is 7.11. The number of nitrogens with zero attached hydrogens (tertiary/aromatic N) is 3. The second-order valence-electron chi connectivity index (χ2n) is 5.79. The molecule has 1 saturated heterocycles. The van der Waals surface area contributed by atoms with Gasteiger partial charge in [-0.05, 0) is 17.7 Å². The molecule has 9 heteroatoms. The summed E-state index contributed by atoms with van der Waals surface area (Å²) in [6.45, 7) is 7.59. The molecule has 0 aliphatic carbocycles. The molecule has 0 bridgehead atoms. The lowest BCUT2D eigenvalue weighted by atomic mass is 10.2. The molecule has 1 aliphatic heterocycles. The highest BCUT2D eigenvalue weighted by molar-refractivity contribution is 7.99. The van der Waals surface area contributed by atoms with Crippen LogP contribution in [0, 0.1) is 0 Å². The van der Waals surface area contributed by atoms with E-state index in [9.17, 15) is 17.2 Å². The maximum absolute atomic E-state index is 12.5. The van der Waals surface area contributed by atoms with Crippen LogP contribution in [0.25, 0.3) is 0 Å². The number of rotatable bonds is 8. The molecule has 1 heterocycles. The van der Waals surface area contributed by atoms with Gasteiger partial charge in [-0.2, -0.15) is 25.8 Å². The molecule has 5 nitrogen and oxygen atoms in total. The Hall–Kier alpha value is -0.740. The first-order valence-electron chi connectivity index (χ1n) is 8.38. The number of thioether (sulfide) groups is 1. The van der Waals surface area contributed by atoms with Gasteiger partial charge in [0.15, 0.2) is 0 Å². The first kappa shape index (κ1) is 20.6. The largest absolute Gasteiger partial charge is 0.296 e. The third kappa shape index (κ3) is 5.62. The highest BCUT2D eigenvalue weighted by Crippen LogP contribution is 2.25. The van der Waals surface area contributed by atoms with E-state index in [1.165, 1.54) is 4.31 Å². The van der Waals surface area contributed by atoms with Crippen molar-refractivity contribution in [3.8, 4) is 0 Å². The minimum Gasteiger partial charge on any atom is -0.296 e. The molecule has 1 aromatic rings. The summed E-state index contributed by atoms with van der Waals surface area (Å²) in [5.41, 5.74) is 1.04. The fraction of sp³-hybridized carbons (Fsp3) is 0.625. The lowest BCUT2D eigenvalue weighted by molar-refractivity contribution is 0.175. The summed E-state index contributed by atoms with van der Waals surface area (Å²) in [7, 11) is -3.37. The fourth-order valence-corrected chi connectivity index (χ4v) is 4.97. The molecule has 0 saturated carbocycles. The zero-order chi connectivity index (χ0) is 18.4. The average Bonchev–Trinajstić information content (AvgIpc) is 2.57. The van der Waals surface area contributed by atoms with E-state index < -0.39 is 16.0 Å². The first-order chi connectivity index (χ1) is 11.9. The summed E-state index contributed by atoms with van der Waals surface area (Å²) in [5.74, 6) is -2.41. The highest BCUT2D eigenvalue weighted by Gasteiger charge is 2.30. The highest BCUT2D eigenvalue weighted by atomic mass is 32.2. The zero-order valence-corrected chi connectivity index (χ0v) is 16.2. The smallest absolute Gasteiger partial charge is 0.288 e. The fourth-order valence-electron chi connectivity index (χ4n) is 2.87. The average molecular weight is 394 g/mol. The maximum atomic E-state index is 12.5. The van der Waals surface area contributed by atoms with Crippen molar-refractivity contribution in [1.82, 2.24) is 13.5 Å². The third-order valence-corrected chi connectivity index (χ3v) is 7.15. The summed E-state index contributed by atoms with van der Waals surface area (Å²) >= 11 is 0.538. The summed E-state index contributed by atoms with van der Waals surface area (Å²) in [5, 5.41) is 0. The van der Waals surface area contributed by atoms with E-state index in [2.05, 4.69) is 4.90 Å². The van der Waals surface area contributed by atoms with E-state index in [0.29, 0.717) is 62.5 Å². The quantitative estimate of drug-likeness (QED) is 0.637. The van der Waals surface area contributed by atoms with Crippen molar-refractivity contribution in [2.24, 2.45) is 0 Å². The summed E-state index contributed by atoms with van der Waals surface area (Å²) in [6.07, 6.45) is 0. The zero-order valence-electron chi connectivity index (χ0n) is 14.6. The molecule has 1 aliphatic rings. The monoisotopic (exact) mass is 393 g/mol. The number of hydrogen-bond acceptors (Lipinski definition) is 4. The van der Waals surface area contributed by atoms with Crippen molar-refractivity contribution in [3.63, 3.8) is 0 Å². The maximum Gasteiger partial charge on any atom is 0.288 e. The van der Waals surface area contributed by atoms with Crippen LogP contribution >= 0.6 is 11.8 Å². The van der Waals surface area contributed by atoms with Crippen molar-refractivity contribution in [2.45, 2.75) is 31.0 Å². The molecule has 142 valence electrons. The molecular weight excluding hydrogens is 368 g/mol. The van der Waals surface area contributed by atoms with E-state index >= 15 is 0 Å². The van der Waals surface area contributed by atoms with Crippen LogP contribution in [-0.4, -0.2) is 67.0 Å². The van der Waals surface area contributed by atoms with E-state index in [4.69, 9.17) is 0 Å². The van der Waals surface area contributed by atoms with Gasteiger partial charge in [0.05, 0.1) is 0 Å². The van der Waals surface area contributed by atoms with E-state index in [-0.39, 0.29) is 0 Å². The van der Waals surface area contributed by atoms with Gasteiger partial charge in [-0.15, -0.1) is 0 Å². The molecule has 25 heavy (non-hydrogen) atoms. The van der Waals surface area contributed by atoms with Crippen molar-refractivity contribution in [2.75, 3.05) is 39.3 Å². The molecule has 0 N–H and O–H groups in total. The molecule has 1 fully saturated rings. The van der Waals surface area contributed by atoms with Gasteiger partial charge in [0, 0.05) is 50.7 Å². The van der Waals surface area contributed by atoms with Gasteiger partial charge in [0.25, 0.3) is 16.0 Å². The number of benzene rings is 1. The molecule has 2 rings (SSSR count). The van der Waals surface area contributed by atoms with Crippen molar-refractivity contribution >= 4 is 22.0 Å². The second kappa shape index (κ2) is 9.27. The van der Waals surface area contributed by atoms with Crippen molar-refractivity contribution < 1.29 is 17.2 Å². The minimum absolute atomic E-state index is 0.470. The van der Waals surface area contributed by atoms with Crippen molar-refractivity contribution in [3.05, 3.63) is 29.8 Å². The number of hydrogen-bond donors (Lipinski definition) is 0. The molecule has 0 unspecified atom stereocenters. The van der Waals surface area contributed by atoms with Crippen LogP contribution in [-0.2, 0) is 16.8 Å². The number of halogens is 2. The SMILES string of the molecule is CCN(CC)S(=O)(=O)N1CCN(Cc2ccc(SC(F)F)cc2)CC1. The number of piperazine rings is 1. The molecular formula is C16H25F2N3O2S2. The predicted molar refractivity (Wildman–Crippen MR) is 97.0 cm³/mol. The van der Waals surface area contributed by atoms with Crippen LogP contribution in [0.3, 0.4) is 0 Å². The standard InChI is InChI=1S/C16H25F2N3O2S2/c1-3-20(4-2)25(22,23)21-11-9-19(10-12-21)13-14-5-7-15(8-6-14)24-16(17)18/h5-8,16H,3-4,9-13H2,1-2H3. The van der Waals surface area contributed by atoms with E-state index in [1.807, 2.05) is 26.0 Å². The third-order valence-electron chi connectivity index (χ3n) is 4.24. The molecule has 0 aromatic heterocycles. The normalized spacial score (nSPS) is 17.5. The van der Waals surface area contributed by atoms with Gasteiger partial charge in [-0.3, -0.25) is 4.90 Å². The van der Waals surface area contributed by atoms with Gasteiger partial charge < -0.3 is 0 Å². The Bertz CT molecular complexity index is 629. The van der Waals surface area contributed by atoms with E-state index in [1.54, 1.807) is 16.4 Å². The van der Waals surface area contributed by atoms with Crippen LogP contribution in [0.15, 0.2) is 29.2 Å². The van der Waals surface area contributed by atoms with Crippen molar-refractivity contribution in [1.29, 1.82) is 0 Å². The second-order valence-corrected chi connectivity index (χ2v) is 8.78. The Morgan fingerprint density at radius 1 is 1.08 bits per heavy atom. The lowest BCUT2D eigenvalue weighted by Gasteiger charge is -2.36. The van der Waals surface area contributed by atoms with Gasteiger partial charge in [0.1, 0.15) is 0 Å². The van der Waals surface area contributed by atoms with Gasteiger partial charge >= 0.3 is 0 Å². The Morgan fingerprint density at radius 3 is 2.12 bits per heavy atom. The van der Waals surface area contributed by atoms with Crippen LogP contribution < -0.4 is 0 Å². The molecule has 0 spiro atoms. The van der Waals surface area contributed by atoms with Gasteiger partial charge in [-0.1, -0.05) is 37.7 Å². The molecule has 0 radical (unpaired) electrons.